The van der Waals surface area contributed by atoms with Gasteiger partial charge in [0.1, 0.15) is 35.7 Å². The summed E-state index contributed by atoms with van der Waals surface area (Å²) < 4.78 is 22.2. The van der Waals surface area contributed by atoms with E-state index in [2.05, 4.69) is 15.6 Å². The van der Waals surface area contributed by atoms with Gasteiger partial charge in [-0.2, -0.15) is 0 Å². The van der Waals surface area contributed by atoms with Gasteiger partial charge in [0.05, 0.1) is 48.2 Å². The number of rotatable bonds is 10. The highest BCUT2D eigenvalue weighted by Gasteiger charge is 2.43. The van der Waals surface area contributed by atoms with Crippen molar-refractivity contribution in [3.8, 4) is 22.8 Å². The van der Waals surface area contributed by atoms with E-state index in [1.54, 1.807) is 30.5 Å². The Morgan fingerprint density at radius 3 is 2.60 bits per heavy atom. The average Bonchev–Trinajstić information content (AvgIpc) is 3.62. The zero-order valence-corrected chi connectivity index (χ0v) is 23.7. The number of ether oxygens (including phenoxy) is 3. The molecule has 1 fully saturated rings. The van der Waals surface area contributed by atoms with Crippen molar-refractivity contribution in [2.75, 3.05) is 38.2 Å². The molecule has 4 aromatic rings. The summed E-state index contributed by atoms with van der Waals surface area (Å²) in [5, 5.41) is 17.9. The van der Waals surface area contributed by atoms with E-state index in [0.717, 1.165) is 5.69 Å². The van der Waals surface area contributed by atoms with E-state index in [1.807, 2.05) is 35.2 Å². The largest absolute Gasteiger partial charge is 0.496 e. The summed E-state index contributed by atoms with van der Waals surface area (Å²) in [6, 6.07) is 18.0. The second-order valence-corrected chi connectivity index (χ2v) is 9.59. The number of carbonyl (C=O) groups excluding carboxylic acids is 1. The van der Waals surface area contributed by atoms with Crippen LogP contribution in [0.2, 0.25) is 0 Å². The van der Waals surface area contributed by atoms with Gasteiger partial charge in [-0.3, -0.25) is 19.9 Å². The molecule has 13 heteroatoms. The molecule has 1 aliphatic heterocycles. The molecule has 3 heterocycles. The Balaban J connectivity index is 1.59. The van der Waals surface area contributed by atoms with Crippen LogP contribution in [0, 0.1) is 10.1 Å². The van der Waals surface area contributed by atoms with E-state index in [-0.39, 0.29) is 18.2 Å². The van der Waals surface area contributed by atoms with E-state index in [4.69, 9.17) is 30.8 Å². The summed E-state index contributed by atoms with van der Waals surface area (Å²) in [5.41, 5.74) is 2.30. The molecule has 2 atom stereocenters. The summed E-state index contributed by atoms with van der Waals surface area (Å²) >= 11 is 5.81. The van der Waals surface area contributed by atoms with Crippen LogP contribution in [0.5, 0.6) is 11.5 Å². The predicted octanol–water partition coefficient (Wildman–Crippen LogP) is 5.03. The van der Waals surface area contributed by atoms with Gasteiger partial charge in [0.15, 0.2) is 5.11 Å². The first-order chi connectivity index (χ1) is 20.3. The van der Waals surface area contributed by atoms with Crippen LogP contribution in [0.4, 0.5) is 17.1 Å². The smallest absolute Gasteiger partial charge is 0.273 e. The zero-order chi connectivity index (χ0) is 29.8. The number of nitrogens with one attached hydrogen (secondary N) is 2. The molecular weight excluding hydrogens is 562 g/mol. The molecule has 0 aliphatic carbocycles. The molecule has 0 bridgehead atoms. The maximum Gasteiger partial charge on any atom is 0.273 e. The Labute approximate surface area is 246 Å². The van der Waals surface area contributed by atoms with E-state index >= 15 is 0 Å². The predicted molar refractivity (Wildman–Crippen MR) is 159 cm³/mol. The normalized spacial score (nSPS) is 16.2. The summed E-state index contributed by atoms with van der Waals surface area (Å²) in [5.74, 6) is 1.43. The molecule has 0 spiro atoms. The van der Waals surface area contributed by atoms with E-state index in [0.29, 0.717) is 45.1 Å². The van der Waals surface area contributed by atoms with Gasteiger partial charge in [-0.25, -0.2) is 0 Å². The number of aromatic nitrogens is 1. The van der Waals surface area contributed by atoms with Crippen LogP contribution in [-0.4, -0.2) is 48.9 Å². The van der Waals surface area contributed by atoms with Gasteiger partial charge in [0, 0.05) is 25.1 Å². The molecule has 2 aromatic heterocycles. The van der Waals surface area contributed by atoms with Gasteiger partial charge in [0.25, 0.3) is 5.69 Å². The van der Waals surface area contributed by atoms with Crippen LogP contribution in [0.1, 0.15) is 23.5 Å². The molecule has 1 amide bonds. The zero-order valence-electron chi connectivity index (χ0n) is 22.9. The van der Waals surface area contributed by atoms with Crippen LogP contribution >= 0.6 is 12.2 Å². The summed E-state index contributed by atoms with van der Waals surface area (Å²) in [6.07, 6.45) is 1.70. The van der Waals surface area contributed by atoms with Gasteiger partial charge in [-0.15, -0.1) is 0 Å². The molecule has 0 unspecified atom stereocenters. The lowest BCUT2D eigenvalue weighted by atomic mass is 10.0. The van der Waals surface area contributed by atoms with Gasteiger partial charge in [0.2, 0.25) is 5.91 Å². The minimum absolute atomic E-state index is 0.0954. The lowest BCUT2D eigenvalue weighted by Crippen LogP contribution is -2.29. The molecule has 2 aromatic carbocycles. The minimum atomic E-state index is -0.499. The quantitative estimate of drug-likeness (QED) is 0.146. The summed E-state index contributed by atoms with van der Waals surface area (Å²) in [7, 11) is 4.39. The number of pyridine rings is 1. The second-order valence-electron chi connectivity index (χ2n) is 9.21. The molecular formula is C29H27N5O7S. The van der Waals surface area contributed by atoms with Crippen molar-refractivity contribution in [2.45, 2.75) is 12.1 Å². The van der Waals surface area contributed by atoms with Crippen molar-refractivity contribution in [3.05, 3.63) is 94.5 Å². The Hall–Kier alpha value is -5.01. The third-order valence-electron chi connectivity index (χ3n) is 6.69. The monoisotopic (exact) mass is 589 g/mol. The number of amides is 1. The lowest BCUT2D eigenvalue weighted by Gasteiger charge is -2.27. The highest BCUT2D eigenvalue weighted by Crippen LogP contribution is 2.45. The van der Waals surface area contributed by atoms with Gasteiger partial charge < -0.3 is 34.2 Å². The fraction of sp³-hybridized carbons (Fsp3) is 0.207. The van der Waals surface area contributed by atoms with Crippen molar-refractivity contribution >= 4 is 40.3 Å². The SMILES string of the molecule is COCC(=O)Nc1cc(N2C(=S)N[C@@H](c3ccccn3)[C@@H]2c2ccc(-c3ccc([N+](=O)[O-])cc3OC)o2)ccc1OC. The number of carbonyl (C=O) groups is 1. The number of methoxy groups -OCH3 is 3. The van der Waals surface area contributed by atoms with Crippen molar-refractivity contribution in [1.29, 1.82) is 0 Å². The molecule has 216 valence electrons. The molecule has 2 N–H and O–H groups in total. The van der Waals surface area contributed by atoms with Crippen LogP contribution < -0.4 is 25.0 Å². The molecule has 1 saturated heterocycles. The Kier molecular flexibility index (Phi) is 8.31. The van der Waals surface area contributed by atoms with Crippen LogP contribution in [0.15, 0.2) is 77.3 Å². The average molecular weight is 590 g/mol. The van der Waals surface area contributed by atoms with Gasteiger partial charge in [-0.05, 0) is 60.7 Å². The lowest BCUT2D eigenvalue weighted by molar-refractivity contribution is -0.384. The number of nitro benzene ring substituents is 1. The Morgan fingerprint density at radius 2 is 1.90 bits per heavy atom. The fourth-order valence-electron chi connectivity index (χ4n) is 4.84. The number of nitro groups is 1. The molecule has 5 rings (SSSR count). The first kappa shape index (κ1) is 28.5. The number of benzene rings is 2. The molecule has 0 radical (unpaired) electrons. The number of nitrogens with zero attached hydrogens (tertiary/aromatic N) is 3. The van der Waals surface area contributed by atoms with Gasteiger partial charge >= 0.3 is 0 Å². The Morgan fingerprint density at radius 1 is 1.10 bits per heavy atom. The molecule has 0 saturated carbocycles. The van der Waals surface area contributed by atoms with Crippen molar-refractivity contribution in [2.24, 2.45) is 0 Å². The number of hydrogen-bond donors (Lipinski definition) is 2. The maximum absolute atomic E-state index is 12.3. The molecule has 42 heavy (non-hydrogen) atoms. The minimum Gasteiger partial charge on any atom is -0.496 e. The summed E-state index contributed by atoms with van der Waals surface area (Å²) in [6.45, 7) is -0.122. The second kappa shape index (κ2) is 12.2. The highest BCUT2D eigenvalue weighted by atomic mass is 32.1. The third kappa shape index (κ3) is 5.60. The summed E-state index contributed by atoms with van der Waals surface area (Å²) in [4.78, 5) is 29.6. The molecule has 1 aliphatic rings. The van der Waals surface area contributed by atoms with E-state index in [9.17, 15) is 14.9 Å². The molecule has 12 nitrogen and oxygen atoms in total. The highest BCUT2D eigenvalue weighted by molar-refractivity contribution is 7.80. The number of furan rings is 1. The topological polar surface area (TPSA) is 141 Å². The van der Waals surface area contributed by atoms with Crippen LogP contribution in [0.25, 0.3) is 11.3 Å². The van der Waals surface area contributed by atoms with Crippen LogP contribution in [-0.2, 0) is 9.53 Å². The fourth-order valence-corrected chi connectivity index (χ4v) is 5.18. The third-order valence-corrected chi connectivity index (χ3v) is 7.00. The Bertz CT molecular complexity index is 1630. The number of anilines is 2. The van der Waals surface area contributed by atoms with E-state index in [1.165, 1.54) is 33.5 Å². The van der Waals surface area contributed by atoms with Crippen molar-refractivity contribution in [3.63, 3.8) is 0 Å². The first-order valence-electron chi connectivity index (χ1n) is 12.7. The van der Waals surface area contributed by atoms with Crippen molar-refractivity contribution in [1.82, 2.24) is 10.3 Å². The number of non-ortho nitro benzene ring substituents is 1. The standard InChI is InChI=1S/C29H27N5O7S/c1-38-16-26(35)31-21-14-17(8-10-23(21)39-2)33-28(27(32-29(33)42)20-6-4-5-13-30-20)24-12-11-22(41-24)19-9-7-18(34(36)37)15-25(19)40-3/h4-15,27-28H,16H2,1-3H3,(H,31,35)(H,32,42)/t27-,28-/m0/s1. The maximum atomic E-state index is 12.3. The van der Waals surface area contributed by atoms with Crippen LogP contribution in [0.3, 0.4) is 0 Å². The number of hydrogen-bond acceptors (Lipinski definition) is 9. The first-order valence-corrected chi connectivity index (χ1v) is 13.2. The van der Waals surface area contributed by atoms with E-state index < -0.39 is 17.0 Å². The van der Waals surface area contributed by atoms with Crippen molar-refractivity contribution < 1.29 is 28.3 Å². The number of thiocarbonyl (C=S) groups is 1. The van der Waals surface area contributed by atoms with Gasteiger partial charge in [-0.1, -0.05) is 6.07 Å².